The van der Waals surface area contributed by atoms with Crippen LogP contribution in [0.5, 0.6) is 6.01 Å². The SMILES string of the molecule is CCCNc1nc(OC)nc(-c2ccc(C)c(C)c2)n1. The molecule has 5 heteroatoms. The number of methoxy groups -OCH3 is 1. The summed E-state index contributed by atoms with van der Waals surface area (Å²) in [4.78, 5) is 13.0. The molecule has 2 rings (SSSR count). The molecule has 0 spiro atoms. The predicted octanol–water partition coefficient (Wildman–Crippen LogP) is 2.99. The first-order valence-corrected chi connectivity index (χ1v) is 6.75. The second kappa shape index (κ2) is 6.32. The average molecular weight is 272 g/mol. The zero-order valence-electron chi connectivity index (χ0n) is 12.4. The molecule has 1 aromatic heterocycles. The molecule has 0 aliphatic rings. The molecule has 0 fully saturated rings. The summed E-state index contributed by atoms with van der Waals surface area (Å²) in [6, 6.07) is 6.49. The lowest BCUT2D eigenvalue weighted by molar-refractivity contribution is 0.379. The number of rotatable bonds is 5. The first-order chi connectivity index (χ1) is 9.63. The summed E-state index contributed by atoms with van der Waals surface area (Å²) in [5, 5.41) is 3.16. The van der Waals surface area contributed by atoms with Crippen molar-refractivity contribution in [2.24, 2.45) is 0 Å². The molecule has 106 valence electrons. The molecule has 2 aromatic rings. The van der Waals surface area contributed by atoms with Crippen molar-refractivity contribution in [2.75, 3.05) is 19.0 Å². The Labute approximate surface area is 119 Å². The van der Waals surface area contributed by atoms with Crippen molar-refractivity contribution in [3.63, 3.8) is 0 Å². The summed E-state index contributed by atoms with van der Waals surface area (Å²) in [6.07, 6.45) is 1.01. The number of hydrogen-bond donors (Lipinski definition) is 1. The number of ether oxygens (including phenoxy) is 1. The molecule has 0 bridgehead atoms. The van der Waals surface area contributed by atoms with Gasteiger partial charge >= 0.3 is 6.01 Å². The second-order valence-corrected chi connectivity index (χ2v) is 4.70. The van der Waals surface area contributed by atoms with E-state index in [-0.39, 0.29) is 0 Å². The number of benzene rings is 1. The van der Waals surface area contributed by atoms with Gasteiger partial charge in [-0.1, -0.05) is 19.1 Å². The van der Waals surface area contributed by atoms with Crippen LogP contribution in [0.2, 0.25) is 0 Å². The second-order valence-electron chi connectivity index (χ2n) is 4.70. The lowest BCUT2D eigenvalue weighted by Crippen LogP contribution is -2.07. The molecular weight excluding hydrogens is 252 g/mol. The van der Waals surface area contributed by atoms with Gasteiger partial charge in [0, 0.05) is 12.1 Å². The minimum atomic E-state index is 0.326. The molecule has 0 aliphatic carbocycles. The van der Waals surface area contributed by atoms with Crippen molar-refractivity contribution in [2.45, 2.75) is 27.2 Å². The summed E-state index contributed by atoms with van der Waals surface area (Å²) in [7, 11) is 1.56. The molecule has 1 heterocycles. The van der Waals surface area contributed by atoms with Crippen LogP contribution in [0, 0.1) is 13.8 Å². The Hall–Kier alpha value is -2.17. The summed E-state index contributed by atoms with van der Waals surface area (Å²) in [6.45, 7) is 7.07. The number of aromatic nitrogens is 3. The van der Waals surface area contributed by atoms with Crippen molar-refractivity contribution in [3.8, 4) is 17.4 Å². The van der Waals surface area contributed by atoms with E-state index >= 15 is 0 Å². The van der Waals surface area contributed by atoms with Crippen LogP contribution in [0.25, 0.3) is 11.4 Å². The van der Waals surface area contributed by atoms with E-state index < -0.39 is 0 Å². The summed E-state index contributed by atoms with van der Waals surface area (Å²) < 4.78 is 5.15. The highest BCUT2D eigenvalue weighted by molar-refractivity contribution is 5.58. The predicted molar refractivity (Wildman–Crippen MR) is 80.1 cm³/mol. The van der Waals surface area contributed by atoms with Gasteiger partial charge in [-0.05, 0) is 37.5 Å². The largest absolute Gasteiger partial charge is 0.467 e. The number of anilines is 1. The van der Waals surface area contributed by atoms with E-state index in [4.69, 9.17) is 4.74 Å². The third-order valence-corrected chi connectivity index (χ3v) is 3.10. The van der Waals surface area contributed by atoms with Crippen LogP contribution in [-0.2, 0) is 0 Å². The third kappa shape index (κ3) is 3.23. The first kappa shape index (κ1) is 14.2. The standard InChI is InChI=1S/C15H20N4O/c1-5-8-16-14-17-13(18-15(19-14)20-4)12-7-6-10(2)11(3)9-12/h6-7,9H,5,8H2,1-4H3,(H,16,17,18,19). The molecule has 1 N–H and O–H groups in total. The molecule has 0 radical (unpaired) electrons. The van der Waals surface area contributed by atoms with E-state index in [9.17, 15) is 0 Å². The fourth-order valence-electron chi connectivity index (χ4n) is 1.77. The van der Waals surface area contributed by atoms with Crippen LogP contribution < -0.4 is 10.1 Å². The maximum atomic E-state index is 5.15. The van der Waals surface area contributed by atoms with Crippen LogP contribution in [0.15, 0.2) is 18.2 Å². The van der Waals surface area contributed by atoms with Gasteiger partial charge < -0.3 is 10.1 Å². The Morgan fingerprint density at radius 1 is 1.10 bits per heavy atom. The van der Waals surface area contributed by atoms with E-state index in [2.05, 4.69) is 53.2 Å². The number of hydrogen-bond acceptors (Lipinski definition) is 5. The molecule has 0 atom stereocenters. The van der Waals surface area contributed by atoms with Crippen molar-refractivity contribution in [1.82, 2.24) is 15.0 Å². The van der Waals surface area contributed by atoms with Gasteiger partial charge in [0.25, 0.3) is 0 Å². The molecule has 20 heavy (non-hydrogen) atoms. The van der Waals surface area contributed by atoms with Crippen molar-refractivity contribution in [3.05, 3.63) is 29.3 Å². The van der Waals surface area contributed by atoms with Gasteiger partial charge in [0.2, 0.25) is 5.95 Å². The minimum Gasteiger partial charge on any atom is -0.467 e. The molecule has 5 nitrogen and oxygen atoms in total. The lowest BCUT2D eigenvalue weighted by atomic mass is 10.1. The fraction of sp³-hybridized carbons (Fsp3) is 0.400. The Kier molecular flexibility index (Phi) is 4.50. The van der Waals surface area contributed by atoms with Gasteiger partial charge in [-0.15, -0.1) is 0 Å². The van der Waals surface area contributed by atoms with E-state index in [1.807, 2.05) is 6.07 Å². The molecule has 0 unspecified atom stereocenters. The number of nitrogens with zero attached hydrogens (tertiary/aromatic N) is 3. The van der Waals surface area contributed by atoms with Gasteiger partial charge in [0.1, 0.15) is 0 Å². The Balaban J connectivity index is 2.41. The van der Waals surface area contributed by atoms with Crippen LogP contribution in [-0.4, -0.2) is 28.6 Å². The van der Waals surface area contributed by atoms with E-state index in [1.54, 1.807) is 7.11 Å². The summed E-state index contributed by atoms with van der Waals surface area (Å²) >= 11 is 0. The van der Waals surface area contributed by atoms with E-state index in [1.165, 1.54) is 11.1 Å². The number of nitrogens with one attached hydrogen (secondary N) is 1. The summed E-state index contributed by atoms with van der Waals surface area (Å²) in [5.41, 5.74) is 3.43. The molecule has 1 aromatic carbocycles. The topological polar surface area (TPSA) is 59.9 Å². The highest BCUT2D eigenvalue weighted by Gasteiger charge is 2.09. The minimum absolute atomic E-state index is 0.326. The van der Waals surface area contributed by atoms with Crippen molar-refractivity contribution in [1.29, 1.82) is 0 Å². The summed E-state index contributed by atoms with van der Waals surface area (Å²) in [5.74, 6) is 1.17. The molecule has 0 amide bonds. The molecule has 0 saturated carbocycles. The Bertz CT molecular complexity index is 598. The van der Waals surface area contributed by atoms with E-state index in [0.717, 1.165) is 18.5 Å². The average Bonchev–Trinajstić information content (AvgIpc) is 2.47. The first-order valence-electron chi connectivity index (χ1n) is 6.75. The van der Waals surface area contributed by atoms with Crippen molar-refractivity contribution >= 4 is 5.95 Å². The lowest BCUT2D eigenvalue weighted by Gasteiger charge is -2.08. The highest BCUT2D eigenvalue weighted by atomic mass is 16.5. The molecule has 0 aliphatic heterocycles. The number of aryl methyl sites for hydroxylation is 2. The highest BCUT2D eigenvalue weighted by Crippen LogP contribution is 2.21. The van der Waals surface area contributed by atoms with Crippen molar-refractivity contribution < 1.29 is 4.74 Å². The van der Waals surface area contributed by atoms with Gasteiger partial charge in [0.05, 0.1) is 7.11 Å². The Morgan fingerprint density at radius 3 is 2.55 bits per heavy atom. The maximum absolute atomic E-state index is 5.15. The fourth-order valence-corrected chi connectivity index (χ4v) is 1.77. The zero-order valence-corrected chi connectivity index (χ0v) is 12.4. The molecular formula is C15H20N4O. The smallest absolute Gasteiger partial charge is 0.321 e. The monoisotopic (exact) mass is 272 g/mol. The van der Waals surface area contributed by atoms with Gasteiger partial charge in [0.15, 0.2) is 5.82 Å². The normalized spacial score (nSPS) is 10.4. The third-order valence-electron chi connectivity index (χ3n) is 3.10. The maximum Gasteiger partial charge on any atom is 0.321 e. The van der Waals surface area contributed by atoms with Crippen LogP contribution >= 0.6 is 0 Å². The Morgan fingerprint density at radius 2 is 1.90 bits per heavy atom. The van der Waals surface area contributed by atoms with Crippen LogP contribution in [0.4, 0.5) is 5.95 Å². The molecule has 0 saturated heterocycles. The van der Waals surface area contributed by atoms with Gasteiger partial charge in [-0.25, -0.2) is 0 Å². The quantitative estimate of drug-likeness (QED) is 0.906. The van der Waals surface area contributed by atoms with Crippen LogP contribution in [0.1, 0.15) is 24.5 Å². The van der Waals surface area contributed by atoms with Crippen LogP contribution in [0.3, 0.4) is 0 Å². The van der Waals surface area contributed by atoms with Gasteiger partial charge in [-0.2, -0.15) is 15.0 Å². The van der Waals surface area contributed by atoms with Gasteiger partial charge in [-0.3, -0.25) is 0 Å². The zero-order chi connectivity index (χ0) is 14.5. The van der Waals surface area contributed by atoms with E-state index in [0.29, 0.717) is 17.8 Å².